The zero-order valence-electron chi connectivity index (χ0n) is 17.0. The molecule has 6 nitrogen and oxygen atoms in total. The van der Waals surface area contributed by atoms with E-state index in [9.17, 15) is 4.79 Å². The van der Waals surface area contributed by atoms with E-state index in [0.29, 0.717) is 39.6 Å². The predicted molar refractivity (Wildman–Crippen MR) is 121 cm³/mol. The Morgan fingerprint density at radius 3 is 2.47 bits per heavy atom. The molecule has 1 unspecified atom stereocenters. The van der Waals surface area contributed by atoms with Crippen LogP contribution in [0.2, 0.25) is 10.0 Å². The van der Waals surface area contributed by atoms with E-state index in [1.54, 1.807) is 19.2 Å². The number of pyridine rings is 1. The zero-order valence-corrected chi connectivity index (χ0v) is 18.5. The zero-order chi connectivity index (χ0) is 21.7. The molecule has 3 aromatic rings. The third-order valence-electron chi connectivity index (χ3n) is 4.56. The van der Waals surface area contributed by atoms with Crippen molar-refractivity contribution in [3.8, 4) is 11.5 Å². The van der Waals surface area contributed by atoms with Crippen LogP contribution in [-0.4, -0.2) is 26.9 Å². The Morgan fingerprint density at radius 2 is 1.80 bits per heavy atom. The molecular weight excluding hydrogens is 421 g/mol. The van der Waals surface area contributed by atoms with E-state index in [0.717, 1.165) is 5.56 Å². The fourth-order valence-corrected chi connectivity index (χ4v) is 3.22. The summed E-state index contributed by atoms with van der Waals surface area (Å²) in [5, 5.41) is 7.12. The average molecular weight is 444 g/mol. The highest BCUT2D eigenvalue weighted by Crippen LogP contribution is 2.27. The molecule has 0 saturated heterocycles. The quantitative estimate of drug-likeness (QED) is 0.542. The highest BCUT2D eigenvalue weighted by atomic mass is 35.5. The Morgan fingerprint density at radius 1 is 1.07 bits per heavy atom. The maximum Gasteiger partial charge on any atom is 0.243 e. The summed E-state index contributed by atoms with van der Waals surface area (Å²) in [7, 11) is 0. The number of carbonyl (C=O) groups excluding carboxylic acids is 1. The van der Waals surface area contributed by atoms with Crippen molar-refractivity contribution >= 4 is 34.9 Å². The van der Waals surface area contributed by atoms with Crippen molar-refractivity contribution in [3.05, 3.63) is 70.0 Å². The Labute approximate surface area is 186 Å². The summed E-state index contributed by atoms with van der Waals surface area (Å²) >= 11 is 12.6. The number of hydrogen-bond acceptors (Lipinski definition) is 5. The van der Waals surface area contributed by atoms with Crippen LogP contribution in [0.25, 0.3) is 11.5 Å². The third kappa shape index (κ3) is 5.26. The van der Waals surface area contributed by atoms with Crippen molar-refractivity contribution in [1.29, 1.82) is 0 Å². The monoisotopic (exact) mass is 443 g/mol. The molecular formula is C22H23Cl2N5O. The maximum atomic E-state index is 12.9. The lowest BCUT2D eigenvalue weighted by Gasteiger charge is -2.23. The van der Waals surface area contributed by atoms with Crippen LogP contribution in [-0.2, 0) is 11.3 Å². The van der Waals surface area contributed by atoms with Gasteiger partial charge in [-0.2, -0.15) is 0 Å². The van der Waals surface area contributed by atoms with Gasteiger partial charge in [-0.25, -0.2) is 9.97 Å². The maximum absolute atomic E-state index is 12.9. The number of rotatable bonds is 7. The second-order valence-electron chi connectivity index (χ2n) is 7.19. The molecule has 0 aliphatic rings. The van der Waals surface area contributed by atoms with E-state index in [1.165, 1.54) is 0 Å². The molecule has 1 aromatic carbocycles. The summed E-state index contributed by atoms with van der Waals surface area (Å²) in [6.45, 7) is 6.03. The number of nitrogens with one attached hydrogen (secondary N) is 2. The van der Waals surface area contributed by atoms with E-state index in [1.807, 2.05) is 50.2 Å². The summed E-state index contributed by atoms with van der Waals surface area (Å²) in [6.07, 6.45) is 1.68. The number of nitrogens with zero attached hydrogens (tertiary/aromatic N) is 3. The molecule has 0 fully saturated rings. The number of carbonyl (C=O) groups is 1. The fraction of sp³-hybridized carbons (Fsp3) is 0.273. The van der Waals surface area contributed by atoms with Gasteiger partial charge in [0.05, 0.1) is 5.69 Å². The van der Waals surface area contributed by atoms with Crippen molar-refractivity contribution < 1.29 is 4.79 Å². The predicted octanol–water partition coefficient (Wildman–Crippen LogP) is 4.91. The van der Waals surface area contributed by atoms with Gasteiger partial charge in [0.2, 0.25) is 5.91 Å². The van der Waals surface area contributed by atoms with Crippen molar-refractivity contribution in [3.63, 3.8) is 0 Å². The van der Waals surface area contributed by atoms with Crippen LogP contribution in [0.3, 0.4) is 0 Å². The van der Waals surface area contributed by atoms with Crippen LogP contribution in [0.1, 0.15) is 25.1 Å². The van der Waals surface area contributed by atoms with Crippen LogP contribution in [0.15, 0.2) is 48.7 Å². The summed E-state index contributed by atoms with van der Waals surface area (Å²) in [4.78, 5) is 26.2. The van der Waals surface area contributed by atoms with Gasteiger partial charge in [0.1, 0.15) is 22.6 Å². The minimum Gasteiger partial charge on any atom is -0.357 e. The number of hydrogen-bond donors (Lipinski definition) is 2. The summed E-state index contributed by atoms with van der Waals surface area (Å²) in [6, 6.07) is 12.4. The Balaban J connectivity index is 1.81. The molecule has 156 valence electrons. The topological polar surface area (TPSA) is 79.8 Å². The van der Waals surface area contributed by atoms with Gasteiger partial charge in [0.15, 0.2) is 5.82 Å². The van der Waals surface area contributed by atoms with Gasteiger partial charge >= 0.3 is 0 Å². The third-order valence-corrected chi connectivity index (χ3v) is 5.38. The van der Waals surface area contributed by atoms with E-state index in [4.69, 9.17) is 23.2 Å². The number of aromatic nitrogens is 3. The van der Waals surface area contributed by atoms with Crippen LogP contribution >= 0.6 is 23.2 Å². The number of aryl methyl sites for hydroxylation is 1. The molecule has 1 amide bonds. The Bertz CT molecular complexity index is 1030. The lowest BCUT2D eigenvalue weighted by molar-refractivity contribution is -0.122. The molecule has 8 heteroatoms. The summed E-state index contributed by atoms with van der Waals surface area (Å²) < 4.78 is 0. The SMILES string of the molecule is Cc1nc(-c2ccccn2)nc(NC(C(=O)NCc2ccccc2Cl)C(C)C)c1Cl. The molecule has 0 spiro atoms. The average Bonchev–Trinajstić information content (AvgIpc) is 2.74. The van der Waals surface area contributed by atoms with Gasteiger partial charge < -0.3 is 10.6 Å². The van der Waals surface area contributed by atoms with Crippen molar-refractivity contribution in [2.45, 2.75) is 33.4 Å². The van der Waals surface area contributed by atoms with Gasteiger partial charge in [-0.1, -0.05) is 61.3 Å². The Kier molecular flexibility index (Phi) is 7.24. The van der Waals surface area contributed by atoms with Gasteiger partial charge in [-0.15, -0.1) is 0 Å². The molecule has 0 aliphatic heterocycles. The van der Waals surface area contributed by atoms with Gasteiger partial charge in [0.25, 0.3) is 0 Å². The number of benzene rings is 1. The van der Waals surface area contributed by atoms with Crippen molar-refractivity contribution in [1.82, 2.24) is 20.3 Å². The van der Waals surface area contributed by atoms with E-state index >= 15 is 0 Å². The number of anilines is 1. The molecule has 0 aliphatic carbocycles. The van der Waals surface area contributed by atoms with E-state index in [-0.39, 0.29) is 11.8 Å². The summed E-state index contributed by atoms with van der Waals surface area (Å²) in [5.74, 6) is 0.660. The molecule has 2 aromatic heterocycles. The second-order valence-corrected chi connectivity index (χ2v) is 7.97. The molecule has 30 heavy (non-hydrogen) atoms. The van der Waals surface area contributed by atoms with E-state index < -0.39 is 6.04 Å². The molecule has 1 atom stereocenters. The molecule has 2 N–H and O–H groups in total. The number of amides is 1. The van der Waals surface area contributed by atoms with Crippen molar-refractivity contribution in [2.75, 3.05) is 5.32 Å². The van der Waals surface area contributed by atoms with Crippen LogP contribution in [0, 0.1) is 12.8 Å². The molecule has 0 radical (unpaired) electrons. The lowest BCUT2D eigenvalue weighted by Crippen LogP contribution is -2.43. The minimum atomic E-state index is -0.545. The molecule has 0 bridgehead atoms. The standard InChI is InChI=1S/C22H23Cl2N5O/c1-13(2)19(22(30)26-12-15-8-4-5-9-16(15)23)28-21-18(24)14(3)27-20(29-21)17-10-6-7-11-25-17/h4-11,13,19H,12H2,1-3H3,(H,26,30)(H,27,28,29). The lowest BCUT2D eigenvalue weighted by atomic mass is 10.0. The smallest absolute Gasteiger partial charge is 0.243 e. The first kappa shape index (κ1) is 22.0. The first-order valence-electron chi connectivity index (χ1n) is 9.60. The van der Waals surface area contributed by atoms with Crippen molar-refractivity contribution in [2.24, 2.45) is 5.92 Å². The van der Waals surface area contributed by atoms with E-state index in [2.05, 4.69) is 25.6 Å². The highest BCUT2D eigenvalue weighted by molar-refractivity contribution is 6.33. The fourth-order valence-electron chi connectivity index (χ4n) is 2.88. The minimum absolute atomic E-state index is 0.0131. The van der Waals surface area contributed by atoms with Crippen LogP contribution in [0.5, 0.6) is 0 Å². The molecule has 2 heterocycles. The molecule has 0 saturated carbocycles. The highest BCUT2D eigenvalue weighted by Gasteiger charge is 2.24. The van der Waals surface area contributed by atoms with Crippen LogP contribution in [0.4, 0.5) is 5.82 Å². The Hall–Kier alpha value is -2.70. The first-order chi connectivity index (χ1) is 14.4. The first-order valence-corrected chi connectivity index (χ1v) is 10.4. The largest absolute Gasteiger partial charge is 0.357 e. The van der Waals surface area contributed by atoms with Gasteiger partial charge in [0, 0.05) is 17.8 Å². The van der Waals surface area contributed by atoms with Gasteiger partial charge in [-0.3, -0.25) is 9.78 Å². The summed E-state index contributed by atoms with van der Waals surface area (Å²) in [5.41, 5.74) is 2.08. The molecule has 3 rings (SSSR count). The number of halogens is 2. The second kappa shape index (κ2) is 9.87. The van der Waals surface area contributed by atoms with Crippen LogP contribution < -0.4 is 10.6 Å². The van der Waals surface area contributed by atoms with Gasteiger partial charge in [-0.05, 0) is 36.6 Å². The normalized spacial score (nSPS) is 11.9.